The van der Waals surface area contributed by atoms with Gasteiger partial charge in [-0.3, -0.25) is 4.79 Å². The Kier molecular flexibility index (Phi) is 6.10. The molecule has 0 fully saturated rings. The first-order valence-corrected chi connectivity index (χ1v) is 6.58. The number of fused-ring (bicyclic) bond motifs is 1. The van der Waals surface area contributed by atoms with Gasteiger partial charge in [0.1, 0.15) is 13.2 Å². The number of ether oxygens (including phenoxy) is 2. The Morgan fingerprint density at radius 3 is 2.65 bits per heavy atom. The highest BCUT2D eigenvalue weighted by molar-refractivity contribution is 5.95. The minimum absolute atomic E-state index is 0. The van der Waals surface area contributed by atoms with Gasteiger partial charge in [-0.05, 0) is 18.1 Å². The van der Waals surface area contributed by atoms with Gasteiger partial charge < -0.3 is 20.5 Å². The predicted molar refractivity (Wildman–Crippen MR) is 80.7 cm³/mol. The van der Waals surface area contributed by atoms with E-state index in [0.29, 0.717) is 30.4 Å². The molecule has 3 N–H and O–H groups in total. The van der Waals surface area contributed by atoms with Crippen LogP contribution in [0, 0.1) is 5.92 Å². The van der Waals surface area contributed by atoms with E-state index in [9.17, 15) is 4.79 Å². The molecule has 0 saturated carbocycles. The van der Waals surface area contributed by atoms with Gasteiger partial charge in [-0.2, -0.15) is 0 Å². The minimum atomic E-state index is -0.502. The second-order valence-electron chi connectivity index (χ2n) is 4.76. The van der Waals surface area contributed by atoms with Crippen LogP contribution in [-0.4, -0.2) is 25.2 Å². The third-order valence-corrected chi connectivity index (χ3v) is 3.37. The molecule has 112 valence electrons. The molecule has 0 aliphatic carbocycles. The van der Waals surface area contributed by atoms with E-state index >= 15 is 0 Å². The number of benzene rings is 1. The third-order valence-electron chi connectivity index (χ3n) is 3.37. The summed E-state index contributed by atoms with van der Waals surface area (Å²) in [5.41, 5.74) is 6.56. The van der Waals surface area contributed by atoms with Gasteiger partial charge in [0.15, 0.2) is 11.5 Å². The first-order chi connectivity index (χ1) is 9.11. The highest BCUT2D eigenvalue weighted by atomic mass is 35.5. The fourth-order valence-electron chi connectivity index (χ4n) is 1.86. The van der Waals surface area contributed by atoms with Crippen molar-refractivity contribution < 1.29 is 14.3 Å². The van der Waals surface area contributed by atoms with Crippen LogP contribution in [0.3, 0.4) is 0 Å². The van der Waals surface area contributed by atoms with Gasteiger partial charge in [0.05, 0.1) is 6.04 Å². The average Bonchev–Trinajstić information content (AvgIpc) is 2.45. The van der Waals surface area contributed by atoms with E-state index < -0.39 is 6.04 Å². The summed E-state index contributed by atoms with van der Waals surface area (Å²) in [7, 11) is 0. The Hall–Kier alpha value is -1.46. The molecule has 0 bridgehead atoms. The standard InChI is InChI=1S/C14H20N2O3.ClH/c1-3-9(2)13(15)14(17)16-10-4-5-11-12(8-10)19-7-6-18-11;/h4-5,8-9,13H,3,6-7,15H2,1-2H3,(H,16,17);1H. The molecule has 20 heavy (non-hydrogen) atoms. The number of rotatable bonds is 4. The predicted octanol–water partition coefficient (Wildman–Crippen LogP) is 2.19. The number of anilines is 1. The van der Waals surface area contributed by atoms with Gasteiger partial charge in [0.2, 0.25) is 5.91 Å². The van der Waals surface area contributed by atoms with Crippen LogP contribution in [0.25, 0.3) is 0 Å². The number of carbonyl (C=O) groups excluding carboxylic acids is 1. The van der Waals surface area contributed by atoms with Crippen molar-refractivity contribution in [2.24, 2.45) is 11.7 Å². The van der Waals surface area contributed by atoms with Gasteiger partial charge in [0.25, 0.3) is 0 Å². The zero-order valence-electron chi connectivity index (χ0n) is 11.7. The lowest BCUT2D eigenvalue weighted by molar-refractivity contribution is -0.118. The number of halogens is 1. The maximum absolute atomic E-state index is 12.0. The molecule has 1 aromatic rings. The van der Waals surface area contributed by atoms with Crippen molar-refractivity contribution in [2.45, 2.75) is 26.3 Å². The zero-order chi connectivity index (χ0) is 13.8. The number of carbonyl (C=O) groups is 1. The maximum atomic E-state index is 12.0. The lowest BCUT2D eigenvalue weighted by Gasteiger charge is -2.20. The molecule has 1 heterocycles. The summed E-state index contributed by atoms with van der Waals surface area (Å²) in [6.45, 7) is 5.06. The van der Waals surface area contributed by atoms with Crippen LogP contribution in [0.4, 0.5) is 5.69 Å². The summed E-state index contributed by atoms with van der Waals surface area (Å²) in [6, 6.07) is 4.83. The molecule has 0 radical (unpaired) electrons. The molecular formula is C14H21ClN2O3. The number of hydrogen-bond acceptors (Lipinski definition) is 4. The van der Waals surface area contributed by atoms with Gasteiger partial charge in [-0.15, -0.1) is 12.4 Å². The summed E-state index contributed by atoms with van der Waals surface area (Å²) in [6.07, 6.45) is 0.871. The Morgan fingerprint density at radius 1 is 1.35 bits per heavy atom. The molecule has 0 spiro atoms. The monoisotopic (exact) mass is 300 g/mol. The third kappa shape index (κ3) is 3.77. The Labute approximate surface area is 125 Å². The molecule has 1 amide bonds. The van der Waals surface area contributed by atoms with Crippen molar-refractivity contribution >= 4 is 24.0 Å². The van der Waals surface area contributed by atoms with E-state index in [0.717, 1.165) is 6.42 Å². The maximum Gasteiger partial charge on any atom is 0.241 e. The van der Waals surface area contributed by atoms with Gasteiger partial charge in [0, 0.05) is 11.8 Å². The Morgan fingerprint density at radius 2 is 2.00 bits per heavy atom. The second kappa shape index (κ2) is 7.36. The number of hydrogen-bond donors (Lipinski definition) is 2. The van der Waals surface area contributed by atoms with Gasteiger partial charge >= 0.3 is 0 Å². The topological polar surface area (TPSA) is 73.6 Å². The van der Waals surface area contributed by atoms with Gasteiger partial charge in [-0.1, -0.05) is 20.3 Å². The van der Waals surface area contributed by atoms with Crippen LogP contribution in [0.1, 0.15) is 20.3 Å². The van der Waals surface area contributed by atoms with E-state index in [4.69, 9.17) is 15.2 Å². The Balaban J connectivity index is 0.00000200. The van der Waals surface area contributed by atoms with Gasteiger partial charge in [-0.25, -0.2) is 0 Å². The minimum Gasteiger partial charge on any atom is -0.486 e. The van der Waals surface area contributed by atoms with E-state index in [1.807, 2.05) is 13.8 Å². The number of amides is 1. The summed E-state index contributed by atoms with van der Waals surface area (Å²) < 4.78 is 10.9. The molecule has 5 nitrogen and oxygen atoms in total. The lowest BCUT2D eigenvalue weighted by atomic mass is 9.99. The quantitative estimate of drug-likeness (QED) is 0.894. The fourth-order valence-corrected chi connectivity index (χ4v) is 1.86. The van der Waals surface area contributed by atoms with E-state index in [2.05, 4.69) is 5.32 Å². The molecule has 0 aromatic heterocycles. The summed E-state index contributed by atoms with van der Waals surface area (Å²) >= 11 is 0. The van der Waals surface area contributed by atoms with Crippen LogP contribution in [-0.2, 0) is 4.79 Å². The van der Waals surface area contributed by atoms with Crippen LogP contribution in [0.2, 0.25) is 0 Å². The van der Waals surface area contributed by atoms with Crippen molar-refractivity contribution in [3.05, 3.63) is 18.2 Å². The van der Waals surface area contributed by atoms with E-state index in [1.165, 1.54) is 0 Å². The smallest absolute Gasteiger partial charge is 0.241 e. The highest BCUT2D eigenvalue weighted by Gasteiger charge is 2.20. The Bertz CT molecular complexity index is 468. The molecule has 6 heteroatoms. The largest absolute Gasteiger partial charge is 0.486 e. The molecule has 1 aliphatic rings. The summed E-state index contributed by atoms with van der Waals surface area (Å²) in [4.78, 5) is 12.0. The average molecular weight is 301 g/mol. The SMILES string of the molecule is CCC(C)C(N)C(=O)Nc1ccc2c(c1)OCCO2.Cl. The summed E-state index contributed by atoms with van der Waals surface area (Å²) in [5.74, 6) is 1.33. The molecule has 0 saturated heterocycles. The molecule has 2 atom stereocenters. The molecule has 1 aromatic carbocycles. The van der Waals surface area contributed by atoms with E-state index in [-0.39, 0.29) is 24.2 Å². The zero-order valence-corrected chi connectivity index (χ0v) is 12.5. The number of nitrogens with one attached hydrogen (secondary N) is 1. The lowest BCUT2D eigenvalue weighted by Crippen LogP contribution is -2.40. The molecule has 1 aliphatic heterocycles. The highest BCUT2D eigenvalue weighted by Crippen LogP contribution is 2.32. The first kappa shape index (κ1) is 16.6. The summed E-state index contributed by atoms with van der Waals surface area (Å²) in [5, 5.41) is 2.81. The van der Waals surface area contributed by atoms with Crippen LogP contribution in [0.15, 0.2) is 18.2 Å². The van der Waals surface area contributed by atoms with Crippen LogP contribution >= 0.6 is 12.4 Å². The van der Waals surface area contributed by atoms with Crippen molar-refractivity contribution in [3.63, 3.8) is 0 Å². The number of nitrogens with two attached hydrogens (primary N) is 1. The van der Waals surface area contributed by atoms with Crippen molar-refractivity contribution in [1.29, 1.82) is 0 Å². The normalized spacial score (nSPS) is 15.8. The van der Waals surface area contributed by atoms with Crippen LogP contribution < -0.4 is 20.5 Å². The second-order valence-corrected chi connectivity index (χ2v) is 4.76. The van der Waals surface area contributed by atoms with Crippen molar-refractivity contribution in [1.82, 2.24) is 0 Å². The van der Waals surface area contributed by atoms with E-state index in [1.54, 1.807) is 18.2 Å². The molecule has 2 rings (SSSR count). The van der Waals surface area contributed by atoms with Crippen molar-refractivity contribution in [3.8, 4) is 11.5 Å². The fraction of sp³-hybridized carbons (Fsp3) is 0.500. The molecular weight excluding hydrogens is 280 g/mol. The van der Waals surface area contributed by atoms with Crippen molar-refractivity contribution in [2.75, 3.05) is 18.5 Å². The first-order valence-electron chi connectivity index (χ1n) is 6.58. The van der Waals surface area contributed by atoms with Crippen LogP contribution in [0.5, 0.6) is 11.5 Å². The molecule has 2 unspecified atom stereocenters.